The van der Waals surface area contributed by atoms with Gasteiger partial charge in [0.05, 0.1) is 6.61 Å². The second-order valence-corrected chi connectivity index (χ2v) is 3.68. The number of aliphatic hydroxyl groups excluding tert-OH is 1. The van der Waals surface area contributed by atoms with Gasteiger partial charge in [-0.2, -0.15) is 0 Å². The lowest BCUT2D eigenvalue weighted by Crippen LogP contribution is -2.03. The highest BCUT2D eigenvalue weighted by Crippen LogP contribution is 2.38. The van der Waals surface area contributed by atoms with Crippen LogP contribution in [0.25, 0.3) is 0 Å². The van der Waals surface area contributed by atoms with Crippen LogP contribution in [0.2, 0.25) is 0 Å². The van der Waals surface area contributed by atoms with Gasteiger partial charge in [-0.3, -0.25) is 0 Å². The van der Waals surface area contributed by atoms with Crippen LogP contribution < -0.4 is 4.74 Å². The Labute approximate surface area is 82.3 Å². The summed E-state index contributed by atoms with van der Waals surface area (Å²) in [6.45, 7) is 0.720. The zero-order valence-corrected chi connectivity index (χ0v) is 7.82. The van der Waals surface area contributed by atoms with Gasteiger partial charge in [-0.1, -0.05) is 12.1 Å². The molecule has 2 atom stereocenters. The van der Waals surface area contributed by atoms with Crippen molar-refractivity contribution in [2.75, 3.05) is 13.2 Å². The highest BCUT2D eigenvalue weighted by molar-refractivity contribution is 5.23. The molecule has 0 heterocycles. The van der Waals surface area contributed by atoms with Crippen molar-refractivity contribution >= 4 is 0 Å². The molecule has 0 aliphatic heterocycles. The lowest BCUT2D eigenvalue weighted by Gasteiger charge is -2.05. The minimum atomic E-state index is -0.325. The first-order chi connectivity index (χ1) is 6.81. The van der Waals surface area contributed by atoms with E-state index in [1.165, 1.54) is 6.07 Å². The van der Waals surface area contributed by atoms with Crippen LogP contribution >= 0.6 is 0 Å². The molecule has 1 fully saturated rings. The van der Waals surface area contributed by atoms with E-state index in [1.54, 1.807) is 18.2 Å². The van der Waals surface area contributed by atoms with Gasteiger partial charge in [0.25, 0.3) is 0 Å². The summed E-state index contributed by atoms with van der Waals surface area (Å²) in [7, 11) is 0. The number of para-hydroxylation sites is 1. The maximum atomic E-state index is 13.1. The van der Waals surface area contributed by atoms with Gasteiger partial charge in [0.15, 0.2) is 11.6 Å². The average Bonchev–Trinajstić information content (AvgIpc) is 2.95. The van der Waals surface area contributed by atoms with Gasteiger partial charge < -0.3 is 9.84 Å². The number of rotatable bonds is 4. The van der Waals surface area contributed by atoms with Crippen LogP contribution in [-0.4, -0.2) is 18.3 Å². The van der Waals surface area contributed by atoms with Crippen LogP contribution in [0.5, 0.6) is 5.75 Å². The molecule has 3 heteroatoms. The second-order valence-electron chi connectivity index (χ2n) is 3.68. The normalized spacial score (nSPS) is 24.7. The van der Waals surface area contributed by atoms with Crippen molar-refractivity contribution in [1.29, 1.82) is 0 Å². The Morgan fingerprint density at radius 2 is 2.14 bits per heavy atom. The fourth-order valence-corrected chi connectivity index (χ4v) is 1.50. The molecule has 0 amide bonds. The minimum Gasteiger partial charge on any atom is -0.490 e. The van der Waals surface area contributed by atoms with E-state index >= 15 is 0 Å². The Balaban J connectivity index is 1.84. The van der Waals surface area contributed by atoms with E-state index in [0.717, 1.165) is 6.42 Å². The number of aliphatic hydroxyl groups is 1. The largest absolute Gasteiger partial charge is 0.490 e. The highest BCUT2D eigenvalue weighted by atomic mass is 19.1. The van der Waals surface area contributed by atoms with Crippen LogP contribution in [0, 0.1) is 17.7 Å². The molecule has 2 rings (SSSR count). The first-order valence-electron chi connectivity index (χ1n) is 4.79. The Morgan fingerprint density at radius 3 is 2.79 bits per heavy atom. The molecule has 1 aliphatic carbocycles. The van der Waals surface area contributed by atoms with Gasteiger partial charge in [0.1, 0.15) is 0 Å². The first kappa shape index (κ1) is 9.46. The summed E-state index contributed by atoms with van der Waals surface area (Å²) in [6.07, 6.45) is 0.991. The van der Waals surface area contributed by atoms with E-state index < -0.39 is 0 Å². The summed E-state index contributed by atoms with van der Waals surface area (Å²) < 4.78 is 18.4. The summed E-state index contributed by atoms with van der Waals surface area (Å²) in [5.74, 6) is 0.742. The monoisotopic (exact) mass is 196 g/mol. The molecule has 1 aliphatic rings. The molecule has 76 valence electrons. The van der Waals surface area contributed by atoms with E-state index in [1.807, 2.05) is 0 Å². The van der Waals surface area contributed by atoms with Crippen LogP contribution in [0.15, 0.2) is 24.3 Å². The zero-order chi connectivity index (χ0) is 9.97. The first-order valence-corrected chi connectivity index (χ1v) is 4.79. The Hall–Kier alpha value is -1.09. The molecule has 1 saturated carbocycles. The van der Waals surface area contributed by atoms with E-state index in [4.69, 9.17) is 9.84 Å². The van der Waals surface area contributed by atoms with Gasteiger partial charge in [-0.25, -0.2) is 4.39 Å². The molecule has 0 aromatic heterocycles. The van der Waals surface area contributed by atoms with E-state index in [0.29, 0.717) is 24.2 Å². The summed E-state index contributed by atoms with van der Waals surface area (Å²) >= 11 is 0. The summed E-state index contributed by atoms with van der Waals surface area (Å²) in [5, 5.41) is 8.80. The molecular formula is C11H13FO2. The van der Waals surface area contributed by atoms with Crippen LogP contribution in [0.4, 0.5) is 4.39 Å². The predicted octanol–water partition coefficient (Wildman–Crippen LogP) is 1.83. The number of ether oxygens (including phenoxy) is 1. The van der Waals surface area contributed by atoms with E-state index in [-0.39, 0.29) is 12.4 Å². The maximum Gasteiger partial charge on any atom is 0.165 e. The fourth-order valence-electron chi connectivity index (χ4n) is 1.50. The number of hydrogen-bond acceptors (Lipinski definition) is 2. The van der Waals surface area contributed by atoms with Crippen molar-refractivity contribution in [1.82, 2.24) is 0 Å². The molecule has 2 unspecified atom stereocenters. The van der Waals surface area contributed by atoms with Gasteiger partial charge in [0, 0.05) is 6.61 Å². The van der Waals surface area contributed by atoms with Crippen LogP contribution in [0.1, 0.15) is 6.42 Å². The lowest BCUT2D eigenvalue weighted by molar-refractivity contribution is 0.238. The molecule has 0 saturated heterocycles. The summed E-state index contributed by atoms with van der Waals surface area (Å²) in [4.78, 5) is 0. The van der Waals surface area contributed by atoms with Crippen molar-refractivity contribution < 1.29 is 14.2 Å². The lowest BCUT2D eigenvalue weighted by atomic mass is 10.3. The predicted molar refractivity (Wildman–Crippen MR) is 50.6 cm³/mol. The Kier molecular flexibility index (Phi) is 2.68. The summed E-state index contributed by atoms with van der Waals surface area (Å²) in [5.41, 5.74) is 0. The van der Waals surface area contributed by atoms with E-state index in [9.17, 15) is 4.39 Å². The van der Waals surface area contributed by atoms with Crippen LogP contribution in [0.3, 0.4) is 0 Å². The fraction of sp³-hybridized carbons (Fsp3) is 0.455. The average molecular weight is 196 g/mol. The molecule has 0 bridgehead atoms. The molecule has 2 nitrogen and oxygen atoms in total. The minimum absolute atomic E-state index is 0.214. The molecule has 1 aromatic carbocycles. The van der Waals surface area contributed by atoms with Crippen molar-refractivity contribution in [3.05, 3.63) is 30.1 Å². The zero-order valence-electron chi connectivity index (χ0n) is 7.82. The van der Waals surface area contributed by atoms with Gasteiger partial charge in [0.2, 0.25) is 0 Å². The molecule has 14 heavy (non-hydrogen) atoms. The third-order valence-corrected chi connectivity index (χ3v) is 2.59. The van der Waals surface area contributed by atoms with Gasteiger partial charge >= 0.3 is 0 Å². The number of halogens is 1. The van der Waals surface area contributed by atoms with Crippen molar-refractivity contribution in [2.24, 2.45) is 11.8 Å². The molecule has 1 N–H and O–H groups in total. The summed E-state index contributed by atoms with van der Waals surface area (Å²) in [6, 6.07) is 6.38. The third-order valence-electron chi connectivity index (χ3n) is 2.59. The molecule has 0 radical (unpaired) electrons. The number of benzene rings is 1. The van der Waals surface area contributed by atoms with Crippen molar-refractivity contribution in [3.63, 3.8) is 0 Å². The van der Waals surface area contributed by atoms with E-state index in [2.05, 4.69) is 0 Å². The second kappa shape index (κ2) is 3.96. The van der Waals surface area contributed by atoms with Crippen molar-refractivity contribution in [2.45, 2.75) is 6.42 Å². The quantitative estimate of drug-likeness (QED) is 0.796. The standard InChI is InChI=1S/C11H13FO2/c12-10-3-1-2-4-11(10)14-7-9-5-8(9)6-13/h1-4,8-9,13H,5-7H2. The number of hydrogen-bond donors (Lipinski definition) is 1. The topological polar surface area (TPSA) is 29.5 Å². The van der Waals surface area contributed by atoms with Gasteiger partial charge in [-0.05, 0) is 30.4 Å². The smallest absolute Gasteiger partial charge is 0.165 e. The third kappa shape index (κ3) is 2.04. The SMILES string of the molecule is OCC1CC1COc1ccccc1F. The van der Waals surface area contributed by atoms with Gasteiger partial charge in [-0.15, -0.1) is 0 Å². The Bertz CT molecular complexity index is 314. The Morgan fingerprint density at radius 1 is 1.36 bits per heavy atom. The van der Waals surface area contributed by atoms with Crippen molar-refractivity contribution in [3.8, 4) is 5.75 Å². The molecular weight excluding hydrogens is 183 g/mol. The molecule has 1 aromatic rings. The van der Waals surface area contributed by atoms with Crippen LogP contribution in [-0.2, 0) is 0 Å². The maximum absolute atomic E-state index is 13.1. The highest BCUT2D eigenvalue weighted by Gasteiger charge is 2.36. The molecule has 0 spiro atoms.